The van der Waals surface area contributed by atoms with Gasteiger partial charge in [0.25, 0.3) is 0 Å². The number of carbonyl (C=O) groups is 1. The third-order valence-electron chi connectivity index (χ3n) is 3.57. The number of nitrogens with zero attached hydrogens (tertiary/aromatic N) is 1. The van der Waals surface area contributed by atoms with Gasteiger partial charge in [-0.25, -0.2) is 4.79 Å². The lowest BCUT2D eigenvalue weighted by Crippen LogP contribution is -2.14. The van der Waals surface area contributed by atoms with E-state index in [-0.39, 0.29) is 11.2 Å². The van der Waals surface area contributed by atoms with Gasteiger partial charge in [0.2, 0.25) is 5.76 Å². The molecule has 2 rings (SSSR count). The van der Waals surface area contributed by atoms with Gasteiger partial charge >= 0.3 is 5.97 Å². The molecule has 0 saturated heterocycles. The van der Waals surface area contributed by atoms with E-state index in [9.17, 15) is 4.79 Å². The lowest BCUT2D eigenvalue weighted by Gasteiger charge is -2.24. The largest absolute Gasteiger partial charge is 0.496 e. The summed E-state index contributed by atoms with van der Waals surface area (Å²) in [6.07, 6.45) is 0.865. The van der Waals surface area contributed by atoms with Gasteiger partial charge in [0.15, 0.2) is 0 Å². The standard InChI is InChI=1S/C17H21NO4/c1-6-10-7-11(13-9-14(16(19)20)22-18-13)15(21-5)12(8-10)17(2,3)4/h7-9H,6H2,1-5H3,(H,19,20). The Labute approximate surface area is 129 Å². The second-order valence-corrected chi connectivity index (χ2v) is 6.21. The monoisotopic (exact) mass is 303 g/mol. The van der Waals surface area contributed by atoms with Crippen molar-refractivity contribution in [3.05, 3.63) is 35.1 Å². The van der Waals surface area contributed by atoms with E-state index in [1.807, 2.05) is 6.07 Å². The molecule has 1 aromatic heterocycles. The minimum Gasteiger partial charge on any atom is -0.496 e. The van der Waals surface area contributed by atoms with Gasteiger partial charge in [-0.3, -0.25) is 0 Å². The Kier molecular flexibility index (Phi) is 4.26. The first kappa shape index (κ1) is 16.1. The highest BCUT2D eigenvalue weighted by Gasteiger charge is 2.24. The first-order chi connectivity index (χ1) is 10.3. The molecule has 2 aromatic rings. The predicted octanol–water partition coefficient (Wildman–Crippen LogP) is 3.91. The van der Waals surface area contributed by atoms with Crippen LogP contribution in [0.1, 0.15) is 49.4 Å². The summed E-state index contributed by atoms with van der Waals surface area (Å²) in [6, 6.07) is 5.52. The molecule has 118 valence electrons. The summed E-state index contributed by atoms with van der Waals surface area (Å²) in [5.41, 5.74) is 3.31. The van der Waals surface area contributed by atoms with Crippen LogP contribution in [0.15, 0.2) is 22.7 Å². The minimum absolute atomic E-state index is 0.107. The summed E-state index contributed by atoms with van der Waals surface area (Å²) < 4.78 is 10.5. The van der Waals surface area contributed by atoms with E-state index >= 15 is 0 Å². The van der Waals surface area contributed by atoms with E-state index in [1.165, 1.54) is 6.07 Å². The van der Waals surface area contributed by atoms with Crippen LogP contribution in [0.3, 0.4) is 0 Å². The number of aromatic carboxylic acids is 1. The molecule has 22 heavy (non-hydrogen) atoms. The molecular weight excluding hydrogens is 282 g/mol. The number of aromatic nitrogens is 1. The summed E-state index contributed by atoms with van der Waals surface area (Å²) >= 11 is 0. The molecule has 0 unspecified atom stereocenters. The van der Waals surface area contributed by atoms with Crippen LogP contribution in [0.2, 0.25) is 0 Å². The number of aryl methyl sites for hydroxylation is 1. The predicted molar refractivity (Wildman–Crippen MR) is 83.5 cm³/mol. The van der Waals surface area contributed by atoms with Crippen LogP contribution in [-0.4, -0.2) is 23.3 Å². The number of carboxylic acids is 1. The molecule has 0 spiro atoms. The zero-order valence-electron chi connectivity index (χ0n) is 13.6. The molecule has 0 amide bonds. The Morgan fingerprint density at radius 3 is 2.45 bits per heavy atom. The van der Waals surface area contributed by atoms with Gasteiger partial charge in [-0.05, 0) is 23.5 Å². The van der Waals surface area contributed by atoms with Crippen molar-refractivity contribution in [1.29, 1.82) is 0 Å². The number of benzene rings is 1. The third-order valence-corrected chi connectivity index (χ3v) is 3.57. The zero-order valence-corrected chi connectivity index (χ0v) is 13.6. The van der Waals surface area contributed by atoms with E-state index < -0.39 is 5.97 Å². The van der Waals surface area contributed by atoms with Crippen molar-refractivity contribution < 1.29 is 19.2 Å². The van der Waals surface area contributed by atoms with Gasteiger partial charge < -0.3 is 14.4 Å². The number of hydrogen-bond donors (Lipinski definition) is 1. The average Bonchev–Trinajstić information content (AvgIpc) is 2.94. The SMILES string of the molecule is CCc1cc(-c2cc(C(=O)O)on2)c(OC)c(C(C)(C)C)c1. The van der Waals surface area contributed by atoms with Gasteiger partial charge in [0, 0.05) is 17.2 Å². The molecule has 1 heterocycles. The second-order valence-electron chi connectivity index (χ2n) is 6.21. The Balaban J connectivity index is 2.70. The van der Waals surface area contributed by atoms with E-state index in [1.54, 1.807) is 7.11 Å². The average molecular weight is 303 g/mol. The fourth-order valence-corrected chi connectivity index (χ4v) is 2.36. The Morgan fingerprint density at radius 2 is 2.00 bits per heavy atom. The van der Waals surface area contributed by atoms with Crippen LogP contribution in [0.4, 0.5) is 0 Å². The molecule has 0 radical (unpaired) electrons. The Hall–Kier alpha value is -2.30. The molecule has 0 aliphatic rings. The second kappa shape index (κ2) is 5.83. The zero-order chi connectivity index (χ0) is 16.5. The van der Waals surface area contributed by atoms with E-state index in [4.69, 9.17) is 14.4 Å². The van der Waals surface area contributed by atoms with E-state index in [2.05, 4.69) is 38.9 Å². The maximum Gasteiger partial charge on any atom is 0.374 e. The maximum atomic E-state index is 11.0. The van der Waals surface area contributed by atoms with Crippen molar-refractivity contribution in [2.75, 3.05) is 7.11 Å². The smallest absolute Gasteiger partial charge is 0.374 e. The summed E-state index contributed by atoms with van der Waals surface area (Å²) in [4.78, 5) is 11.0. The number of methoxy groups -OCH3 is 1. The first-order valence-corrected chi connectivity index (χ1v) is 7.19. The van der Waals surface area contributed by atoms with Crippen molar-refractivity contribution >= 4 is 5.97 Å². The molecule has 1 aromatic carbocycles. The highest BCUT2D eigenvalue weighted by Crippen LogP contribution is 2.40. The van der Waals surface area contributed by atoms with E-state index in [0.29, 0.717) is 11.4 Å². The molecule has 0 atom stereocenters. The number of hydrogen-bond acceptors (Lipinski definition) is 4. The van der Waals surface area contributed by atoms with Gasteiger partial charge in [-0.15, -0.1) is 0 Å². The topological polar surface area (TPSA) is 72.6 Å². The van der Waals surface area contributed by atoms with Crippen molar-refractivity contribution in [2.24, 2.45) is 0 Å². The summed E-state index contributed by atoms with van der Waals surface area (Å²) in [7, 11) is 1.61. The van der Waals surface area contributed by atoms with Crippen LogP contribution in [0.25, 0.3) is 11.3 Å². The van der Waals surface area contributed by atoms with E-state index in [0.717, 1.165) is 23.1 Å². The molecule has 0 fully saturated rings. The van der Waals surface area contributed by atoms with Crippen LogP contribution in [-0.2, 0) is 11.8 Å². The third kappa shape index (κ3) is 2.98. The lowest BCUT2D eigenvalue weighted by molar-refractivity contribution is 0.0652. The highest BCUT2D eigenvalue weighted by molar-refractivity contribution is 5.86. The lowest BCUT2D eigenvalue weighted by atomic mass is 9.83. The van der Waals surface area contributed by atoms with Crippen molar-refractivity contribution in [1.82, 2.24) is 5.16 Å². The van der Waals surface area contributed by atoms with Crippen molar-refractivity contribution in [3.8, 4) is 17.0 Å². The maximum absolute atomic E-state index is 11.0. The summed E-state index contributed by atoms with van der Waals surface area (Å²) in [5.74, 6) is -0.619. The van der Waals surface area contributed by atoms with Crippen LogP contribution >= 0.6 is 0 Å². The fourth-order valence-electron chi connectivity index (χ4n) is 2.36. The van der Waals surface area contributed by atoms with Crippen LogP contribution in [0.5, 0.6) is 5.75 Å². The normalized spacial score (nSPS) is 11.5. The molecule has 0 aliphatic carbocycles. The first-order valence-electron chi connectivity index (χ1n) is 7.19. The van der Waals surface area contributed by atoms with Gasteiger partial charge in [-0.1, -0.05) is 38.9 Å². The number of rotatable bonds is 4. The molecule has 5 nitrogen and oxygen atoms in total. The Bertz CT molecular complexity index is 695. The van der Waals surface area contributed by atoms with Crippen LogP contribution < -0.4 is 4.74 Å². The number of ether oxygens (including phenoxy) is 1. The quantitative estimate of drug-likeness (QED) is 0.927. The molecule has 0 aliphatic heterocycles. The molecule has 0 saturated carbocycles. The summed E-state index contributed by atoms with van der Waals surface area (Å²) in [6.45, 7) is 8.40. The molecular formula is C17H21NO4. The van der Waals surface area contributed by atoms with Gasteiger partial charge in [0.05, 0.1) is 7.11 Å². The fraction of sp³-hybridized carbons (Fsp3) is 0.412. The summed E-state index contributed by atoms with van der Waals surface area (Å²) in [5, 5.41) is 12.9. The van der Waals surface area contributed by atoms with Crippen LogP contribution in [0, 0.1) is 0 Å². The molecule has 5 heteroatoms. The van der Waals surface area contributed by atoms with Gasteiger partial charge in [-0.2, -0.15) is 0 Å². The molecule has 1 N–H and O–H groups in total. The number of carboxylic acid groups (broad SMARTS) is 1. The minimum atomic E-state index is -1.14. The van der Waals surface area contributed by atoms with Crippen molar-refractivity contribution in [3.63, 3.8) is 0 Å². The van der Waals surface area contributed by atoms with Crippen molar-refractivity contribution in [2.45, 2.75) is 39.5 Å². The highest BCUT2D eigenvalue weighted by atomic mass is 16.5. The van der Waals surface area contributed by atoms with Gasteiger partial charge in [0.1, 0.15) is 11.4 Å². The Morgan fingerprint density at radius 1 is 1.32 bits per heavy atom. The molecule has 0 bridgehead atoms.